The summed E-state index contributed by atoms with van der Waals surface area (Å²) < 4.78 is 9.99. The van der Waals surface area contributed by atoms with Gasteiger partial charge < -0.3 is 14.8 Å². The third kappa shape index (κ3) is 9.75. The number of carbonyl (C=O) groups is 2. The van der Waals surface area contributed by atoms with Crippen molar-refractivity contribution in [1.29, 1.82) is 0 Å². The summed E-state index contributed by atoms with van der Waals surface area (Å²) in [5, 5.41) is 2.57. The second kappa shape index (κ2) is 10.7. The maximum absolute atomic E-state index is 12.0. The summed E-state index contributed by atoms with van der Waals surface area (Å²) in [5.41, 5.74) is 1.43. The molecule has 1 unspecified atom stereocenters. The first kappa shape index (κ1) is 23.0. The molecule has 25 heavy (non-hydrogen) atoms. The molecular weight excluding hydrogens is 318 g/mol. The van der Waals surface area contributed by atoms with Crippen molar-refractivity contribution in [3.63, 3.8) is 0 Å². The Kier molecular flexibility index (Phi) is 9.87. The van der Waals surface area contributed by atoms with Gasteiger partial charge in [-0.1, -0.05) is 44.2 Å². The first-order valence-electron chi connectivity index (χ1n) is 8.61. The number of alkyl carbamates (subject to hydrolysis) is 1. The van der Waals surface area contributed by atoms with Gasteiger partial charge in [-0.3, -0.25) is 0 Å². The minimum absolute atomic E-state index is 0.277. The Morgan fingerprint density at radius 2 is 1.84 bits per heavy atom. The van der Waals surface area contributed by atoms with E-state index in [4.69, 9.17) is 9.47 Å². The van der Waals surface area contributed by atoms with Crippen LogP contribution in [0, 0.1) is 5.92 Å². The van der Waals surface area contributed by atoms with Crippen molar-refractivity contribution >= 4 is 12.1 Å². The average molecular weight is 351 g/mol. The first-order valence-corrected chi connectivity index (χ1v) is 8.61. The predicted molar refractivity (Wildman–Crippen MR) is 101 cm³/mol. The molecule has 0 rings (SSSR count). The Labute approximate surface area is 152 Å². The zero-order valence-electron chi connectivity index (χ0n) is 16.6. The molecule has 0 spiro atoms. The molecule has 2 atom stereocenters. The SMILES string of the molecule is C=C/C(=C\C=C(\C)C(C)CC)C[C@H](NC(=O)OC(C)(C)C)C(=O)OC. The van der Waals surface area contributed by atoms with E-state index in [1.165, 1.54) is 12.7 Å². The average Bonchev–Trinajstić information content (AvgIpc) is 2.53. The second-order valence-corrected chi connectivity index (χ2v) is 7.09. The maximum Gasteiger partial charge on any atom is 0.408 e. The van der Waals surface area contributed by atoms with Crippen LogP contribution in [-0.4, -0.2) is 30.8 Å². The molecule has 0 aromatic rings. The zero-order valence-corrected chi connectivity index (χ0v) is 16.6. The Morgan fingerprint density at radius 3 is 2.28 bits per heavy atom. The molecule has 0 heterocycles. The van der Waals surface area contributed by atoms with Crippen LogP contribution in [0.4, 0.5) is 4.79 Å². The van der Waals surface area contributed by atoms with Gasteiger partial charge in [-0.15, -0.1) is 0 Å². The van der Waals surface area contributed by atoms with E-state index in [1.807, 2.05) is 12.2 Å². The van der Waals surface area contributed by atoms with Crippen LogP contribution in [0.5, 0.6) is 0 Å². The van der Waals surface area contributed by atoms with E-state index in [1.54, 1.807) is 26.8 Å². The monoisotopic (exact) mass is 351 g/mol. The van der Waals surface area contributed by atoms with Gasteiger partial charge in [0.25, 0.3) is 0 Å². The van der Waals surface area contributed by atoms with Gasteiger partial charge in [0.1, 0.15) is 11.6 Å². The van der Waals surface area contributed by atoms with Crippen LogP contribution in [0.1, 0.15) is 54.4 Å². The van der Waals surface area contributed by atoms with Gasteiger partial charge in [0.15, 0.2) is 0 Å². The fourth-order valence-electron chi connectivity index (χ4n) is 1.97. The fraction of sp³-hybridized carbons (Fsp3) is 0.600. The van der Waals surface area contributed by atoms with Crippen LogP contribution >= 0.6 is 0 Å². The number of esters is 1. The molecule has 1 N–H and O–H groups in total. The summed E-state index contributed by atoms with van der Waals surface area (Å²) in [6.07, 6.45) is 6.30. The second-order valence-electron chi connectivity index (χ2n) is 7.09. The van der Waals surface area contributed by atoms with Gasteiger partial charge in [-0.05, 0) is 45.6 Å². The summed E-state index contributed by atoms with van der Waals surface area (Å²) in [5.74, 6) is -0.0418. The Bertz CT molecular complexity index is 526. The lowest BCUT2D eigenvalue weighted by Crippen LogP contribution is -2.44. The summed E-state index contributed by atoms with van der Waals surface area (Å²) in [4.78, 5) is 23.9. The Hall–Kier alpha value is -2.04. The third-order valence-corrected chi connectivity index (χ3v) is 3.83. The van der Waals surface area contributed by atoms with Crippen LogP contribution in [0.3, 0.4) is 0 Å². The highest BCUT2D eigenvalue weighted by atomic mass is 16.6. The number of carbonyl (C=O) groups excluding carboxylic acids is 2. The largest absolute Gasteiger partial charge is 0.467 e. The number of methoxy groups -OCH3 is 1. The van der Waals surface area contributed by atoms with E-state index in [0.717, 1.165) is 12.0 Å². The molecule has 142 valence electrons. The Balaban J connectivity index is 5.19. The van der Waals surface area contributed by atoms with Crippen molar-refractivity contribution in [3.8, 4) is 0 Å². The standard InChI is InChI=1S/C20H33NO4/c1-9-14(3)15(4)11-12-16(10-2)13-17(18(22)24-8)21-19(23)25-20(5,6)7/h10-12,14,17H,2,9,13H2,1,3-8H3,(H,21,23)/b15-11-,16-12+/t14?,17-/m0/s1. The molecule has 0 bridgehead atoms. The lowest BCUT2D eigenvalue weighted by Gasteiger charge is -2.22. The van der Waals surface area contributed by atoms with E-state index >= 15 is 0 Å². The lowest BCUT2D eigenvalue weighted by molar-refractivity contribution is -0.143. The van der Waals surface area contributed by atoms with E-state index in [0.29, 0.717) is 5.92 Å². The van der Waals surface area contributed by atoms with Gasteiger partial charge in [0.05, 0.1) is 7.11 Å². The van der Waals surface area contributed by atoms with Crippen molar-refractivity contribution < 1.29 is 19.1 Å². The minimum atomic E-state index is -0.832. The number of rotatable bonds is 8. The van der Waals surface area contributed by atoms with Crippen molar-refractivity contribution in [2.75, 3.05) is 7.11 Å². The number of allylic oxidation sites excluding steroid dienone is 4. The quantitative estimate of drug-likeness (QED) is 0.515. The molecule has 0 fully saturated rings. The van der Waals surface area contributed by atoms with E-state index in [2.05, 4.69) is 32.7 Å². The molecule has 5 heteroatoms. The summed E-state index contributed by atoms with van der Waals surface area (Å²) in [6.45, 7) is 15.4. The number of amides is 1. The van der Waals surface area contributed by atoms with Crippen LogP contribution in [-0.2, 0) is 14.3 Å². The van der Waals surface area contributed by atoms with Gasteiger partial charge in [-0.2, -0.15) is 0 Å². The molecule has 5 nitrogen and oxygen atoms in total. The maximum atomic E-state index is 12.0. The molecule has 0 saturated carbocycles. The first-order chi connectivity index (χ1) is 11.5. The smallest absolute Gasteiger partial charge is 0.408 e. The molecule has 0 aliphatic carbocycles. The van der Waals surface area contributed by atoms with E-state index in [-0.39, 0.29) is 6.42 Å². The van der Waals surface area contributed by atoms with Crippen molar-refractivity contribution in [2.24, 2.45) is 5.92 Å². The number of hydrogen-bond acceptors (Lipinski definition) is 4. The van der Waals surface area contributed by atoms with Crippen LogP contribution in [0.15, 0.2) is 36.0 Å². The molecule has 0 aromatic heterocycles. The fourth-order valence-corrected chi connectivity index (χ4v) is 1.97. The summed E-state index contributed by atoms with van der Waals surface area (Å²) in [6, 6.07) is -0.832. The van der Waals surface area contributed by atoms with Gasteiger partial charge in [-0.25, -0.2) is 9.59 Å². The van der Waals surface area contributed by atoms with E-state index in [9.17, 15) is 9.59 Å². The minimum Gasteiger partial charge on any atom is -0.467 e. The van der Waals surface area contributed by atoms with Crippen molar-refractivity contribution in [3.05, 3.63) is 36.0 Å². The number of nitrogens with one attached hydrogen (secondary N) is 1. The topological polar surface area (TPSA) is 64.6 Å². The van der Waals surface area contributed by atoms with Crippen LogP contribution in [0.2, 0.25) is 0 Å². The number of hydrogen-bond donors (Lipinski definition) is 1. The van der Waals surface area contributed by atoms with Crippen molar-refractivity contribution in [2.45, 2.75) is 66.0 Å². The van der Waals surface area contributed by atoms with Crippen molar-refractivity contribution in [1.82, 2.24) is 5.32 Å². The highest BCUT2D eigenvalue weighted by Crippen LogP contribution is 2.16. The molecule has 0 aliphatic heterocycles. The van der Waals surface area contributed by atoms with Crippen LogP contribution in [0.25, 0.3) is 0 Å². The van der Waals surface area contributed by atoms with Gasteiger partial charge in [0, 0.05) is 6.42 Å². The molecule has 1 amide bonds. The normalized spacial score (nSPS) is 15.2. The lowest BCUT2D eigenvalue weighted by atomic mass is 9.98. The van der Waals surface area contributed by atoms with E-state index < -0.39 is 23.7 Å². The zero-order chi connectivity index (χ0) is 19.6. The Morgan fingerprint density at radius 1 is 1.24 bits per heavy atom. The van der Waals surface area contributed by atoms with Gasteiger partial charge in [0.2, 0.25) is 0 Å². The number of ether oxygens (including phenoxy) is 2. The van der Waals surface area contributed by atoms with Crippen LogP contribution < -0.4 is 5.32 Å². The van der Waals surface area contributed by atoms with Gasteiger partial charge >= 0.3 is 12.1 Å². The highest BCUT2D eigenvalue weighted by molar-refractivity contribution is 5.81. The third-order valence-electron chi connectivity index (χ3n) is 3.83. The summed E-state index contributed by atoms with van der Waals surface area (Å²) >= 11 is 0. The highest BCUT2D eigenvalue weighted by Gasteiger charge is 2.25. The summed E-state index contributed by atoms with van der Waals surface area (Å²) in [7, 11) is 1.29. The molecule has 0 radical (unpaired) electrons. The molecular formula is C20H33NO4. The molecule has 0 saturated heterocycles. The molecule has 0 aliphatic rings. The molecule has 0 aromatic carbocycles. The predicted octanol–water partition coefficient (Wildman–Crippen LogP) is 4.55.